The Morgan fingerprint density at radius 1 is 1.05 bits per heavy atom. The molecule has 0 aromatic carbocycles. The van der Waals surface area contributed by atoms with Crippen molar-refractivity contribution in [1.82, 2.24) is 10.2 Å². The largest absolute Gasteiger partial charge is 0.383 e. The van der Waals surface area contributed by atoms with Gasteiger partial charge in [-0.3, -0.25) is 4.90 Å². The van der Waals surface area contributed by atoms with E-state index in [9.17, 15) is 0 Å². The summed E-state index contributed by atoms with van der Waals surface area (Å²) in [6.45, 7) is 15.5. The van der Waals surface area contributed by atoms with Crippen molar-refractivity contribution in [3.8, 4) is 0 Å². The lowest BCUT2D eigenvalue weighted by atomic mass is 9.97. The third-order valence-corrected chi connectivity index (χ3v) is 4.27. The van der Waals surface area contributed by atoms with E-state index in [1.54, 1.807) is 7.11 Å². The lowest BCUT2D eigenvalue weighted by molar-refractivity contribution is 0.0990. The molecule has 0 aliphatic rings. The smallest absolute Gasteiger partial charge is 0.0589 e. The van der Waals surface area contributed by atoms with Crippen LogP contribution in [0.15, 0.2) is 0 Å². The Balaban J connectivity index is 4.62. The molecule has 116 valence electrons. The number of nitrogens with one attached hydrogen (secondary N) is 1. The predicted octanol–water partition coefficient (Wildman–Crippen LogP) is 3.15. The van der Waals surface area contributed by atoms with E-state index in [-0.39, 0.29) is 0 Å². The number of likely N-dealkylation sites (N-methyl/N-ethyl adjacent to an activating group) is 1. The molecule has 0 aromatic rings. The normalized spacial score (nSPS) is 15.2. The van der Waals surface area contributed by atoms with Gasteiger partial charge in [0.05, 0.1) is 6.61 Å². The van der Waals surface area contributed by atoms with Crippen LogP contribution in [0.5, 0.6) is 0 Å². The van der Waals surface area contributed by atoms with Crippen molar-refractivity contribution in [3.05, 3.63) is 0 Å². The van der Waals surface area contributed by atoms with Crippen molar-refractivity contribution in [2.24, 2.45) is 5.92 Å². The molecule has 0 heterocycles. The third kappa shape index (κ3) is 7.28. The Labute approximate surface area is 121 Å². The number of ether oxygens (including phenoxy) is 1. The minimum absolute atomic E-state index is 0.590. The molecule has 0 saturated carbocycles. The quantitative estimate of drug-likeness (QED) is 0.591. The van der Waals surface area contributed by atoms with E-state index >= 15 is 0 Å². The first kappa shape index (κ1) is 18.9. The topological polar surface area (TPSA) is 24.5 Å². The van der Waals surface area contributed by atoms with Crippen LogP contribution in [-0.2, 0) is 4.74 Å². The van der Waals surface area contributed by atoms with Crippen molar-refractivity contribution in [3.63, 3.8) is 0 Å². The number of nitrogens with zero attached hydrogens (tertiary/aromatic N) is 1. The van der Waals surface area contributed by atoms with E-state index in [1.165, 1.54) is 19.3 Å². The van der Waals surface area contributed by atoms with E-state index in [1.807, 2.05) is 0 Å². The minimum atomic E-state index is 0.590. The van der Waals surface area contributed by atoms with Gasteiger partial charge in [0, 0.05) is 32.3 Å². The maximum absolute atomic E-state index is 5.28. The van der Waals surface area contributed by atoms with Gasteiger partial charge in [-0.25, -0.2) is 0 Å². The fourth-order valence-corrected chi connectivity index (χ4v) is 2.68. The zero-order valence-corrected chi connectivity index (χ0v) is 14.0. The zero-order valence-electron chi connectivity index (χ0n) is 14.0. The standard InChI is InChI=1S/C16H36N2O/c1-7-14(5)16(17-10-4)13-18(11-12-19-6)15(8-2)9-3/h14-17H,7-13H2,1-6H3. The molecule has 0 amide bonds. The summed E-state index contributed by atoms with van der Waals surface area (Å²) in [5, 5.41) is 3.66. The Bertz CT molecular complexity index is 195. The van der Waals surface area contributed by atoms with Crippen LogP contribution in [0.3, 0.4) is 0 Å². The molecule has 3 nitrogen and oxygen atoms in total. The van der Waals surface area contributed by atoms with E-state index in [0.29, 0.717) is 12.1 Å². The van der Waals surface area contributed by atoms with Crippen LogP contribution in [0.1, 0.15) is 53.9 Å². The van der Waals surface area contributed by atoms with Gasteiger partial charge in [-0.05, 0) is 25.3 Å². The molecule has 0 radical (unpaired) electrons. The van der Waals surface area contributed by atoms with Crippen molar-refractivity contribution in [1.29, 1.82) is 0 Å². The molecule has 19 heavy (non-hydrogen) atoms. The SMILES string of the molecule is CCNC(CN(CCOC)C(CC)CC)C(C)CC. The first-order valence-electron chi connectivity index (χ1n) is 8.10. The summed E-state index contributed by atoms with van der Waals surface area (Å²) in [6.07, 6.45) is 3.68. The van der Waals surface area contributed by atoms with Crippen molar-refractivity contribution < 1.29 is 4.74 Å². The zero-order chi connectivity index (χ0) is 14.7. The predicted molar refractivity (Wildman–Crippen MR) is 84.7 cm³/mol. The highest BCUT2D eigenvalue weighted by atomic mass is 16.5. The van der Waals surface area contributed by atoms with Crippen LogP contribution in [0.4, 0.5) is 0 Å². The highest BCUT2D eigenvalue weighted by Gasteiger charge is 2.22. The molecule has 0 fully saturated rings. The molecule has 2 atom stereocenters. The van der Waals surface area contributed by atoms with Gasteiger partial charge in [0.25, 0.3) is 0 Å². The van der Waals surface area contributed by atoms with Gasteiger partial charge in [-0.15, -0.1) is 0 Å². The average Bonchev–Trinajstić information content (AvgIpc) is 2.43. The monoisotopic (exact) mass is 272 g/mol. The van der Waals surface area contributed by atoms with Crippen molar-refractivity contribution >= 4 is 0 Å². The minimum Gasteiger partial charge on any atom is -0.383 e. The fraction of sp³-hybridized carbons (Fsp3) is 1.00. The molecule has 0 bridgehead atoms. The average molecular weight is 272 g/mol. The van der Waals surface area contributed by atoms with Gasteiger partial charge in [0.2, 0.25) is 0 Å². The molecule has 2 unspecified atom stereocenters. The summed E-state index contributed by atoms with van der Waals surface area (Å²) in [7, 11) is 1.79. The fourth-order valence-electron chi connectivity index (χ4n) is 2.68. The first-order valence-corrected chi connectivity index (χ1v) is 8.10. The van der Waals surface area contributed by atoms with Crippen LogP contribution < -0.4 is 5.32 Å². The molecule has 1 N–H and O–H groups in total. The van der Waals surface area contributed by atoms with Gasteiger partial charge in [-0.1, -0.05) is 41.0 Å². The van der Waals surface area contributed by atoms with Gasteiger partial charge in [0.15, 0.2) is 0 Å². The lowest BCUT2D eigenvalue weighted by Crippen LogP contribution is -2.49. The van der Waals surface area contributed by atoms with E-state index in [0.717, 1.165) is 32.2 Å². The maximum Gasteiger partial charge on any atom is 0.0589 e. The van der Waals surface area contributed by atoms with E-state index < -0.39 is 0 Å². The van der Waals surface area contributed by atoms with Gasteiger partial charge in [-0.2, -0.15) is 0 Å². The Morgan fingerprint density at radius 3 is 2.11 bits per heavy atom. The lowest BCUT2D eigenvalue weighted by Gasteiger charge is -2.35. The molecule has 0 aromatic heterocycles. The van der Waals surface area contributed by atoms with Crippen molar-refractivity contribution in [2.75, 3.05) is 33.4 Å². The molecular formula is C16H36N2O. The summed E-state index contributed by atoms with van der Waals surface area (Å²) >= 11 is 0. The Kier molecular flexibility index (Phi) is 11.6. The van der Waals surface area contributed by atoms with Crippen LogP contribution in [0.25, 0.3) is 0 Å². The van der Waals surface area contributed by atoms with Crippen LogP contribution in [0.2, 0.25) is 0 Å². The molecule has 0 aliphatic carbocycles. The molecular weight excluding hydrogens is 236 g/mol. The summed E-state index contributed by atoms with van der Waals surface area (Å²) in [5.41, 5.74) is 0. The summed E-state index contributed by atoms with van der Waals surface area (Å²) < 4.78 is 5.28. The molecule has 0 rings (SSSR count). The van der Waals surface area contributed by atoms with Gasteiger partial charge >= 0.3 is 0 Å². The van der Waals surface area contributed by atoms with Crippen LogP contribution in [0, 0.1) is 5.92 Å². The summed E-state index contributed by atoms with van der Waals surface area (Å²) in [6, 6.07) is 1.27. The van der Waals surface area contributed by atoms with Crippen LogP contribution in [-0.4, -0.2) is 50.3 Å². The summed E-state index contributed by atoms with van der Waals surface area (Å²) in [4.78, 5) is 2.61. The summed E-state index contributed by atoms with van der Waals surface area (Å²) in [5.74, 6) is 0.722. The number of hydrogen-bond acceptors (Lipinski definition) is 3. The number of methoxy groups -OCH3 is 1. The Morgan fingerprint density at radius 2 is 1.68 bits per heavy atom. The second-order valence-corrected chi connectivity index (χ2v) is 5.51. The van der Waals surface area contributed by atoms with Crippen molar-refractivity contribution in [2.45, 2.75) is 66.0 Å². The van der Waals surface area contributed by atoms with Gasteiger partial charge in [0.1, 0.15) is 0 Å². The molecule has 0 saturated heterocycles. The van der Waals surface area contributed by atoms with Crippen LogP contribution >= 0.6 is 0 Å². The molecule has 3 heteroatoms. The second kappa shape index (κ2) is 11.7. The van der Waals surface area contributed by atoms with Gasteiger partial charge < -0.3 is 10.1 Å². The Hall–Kier alpha value is -0.120. The number of hydrogen-bond donors (Lipinski definition) is 1. The maximum atomic E-state index is 5.28. The molecule has 0 aliphatic heterocycles. The molecule has 0 spiro atoms. The third-order valence-electron chi connectivity index (χ3n) is 4.27. The van der Waals surface area contributed by atoms with E-state index in [4.69, 9.17) is 4.74 Å². The number of rotatable bonds is 12. The second-order valence-electron chi connectivity index (χ2n) is 5.51. The van der Waals surface area contributed by atoms with E-state index in [2.05, 4.69) is 44.8 Å². The highest BCUT2D eigenvalue weighted by molar-refractivity contribution is 4.80. The highest BCUT2D eigenvalue weighted by Crippen LogP contribution is 2.14. The first-order chi connectivity index (χ1) is 9.14.